The van der Waals surface area contributed by atoms with Crippen LogP contribution in [0.15, 0.2) is 231 Å². The second-order valence-corrected chi connectivity index (χ2v) is 15.7. The van der Waals surface area contributed by atoms with Gasteiger partial charge in [-0.05, 0) is 138 Å². The van der Waals surface area contributed by atoms with Gasteiger partial charge in [0, 0.05) is 33.5 Å². The smallest absolute Gasteiger partial charge is 0.0541 e. The molecule has 60 heavy (non-hydrogen) atoms. The van der Waals surface area contributed by atoms with E-state index in [4.69, 9.17) is 0 Å². The van der Waals surface area contributed by atoms with Crippen LogP contribution in [0.1, 0.15) is 0 Å². The van der Waals surface area contributed by atoms with Crippen LogP contribution in [0.4, 0.5) is 17.1 Å². The number of aromatic nitrogens is 1. The molecule has 0 spiro atoms. The molecule has 0 aliphatic heterocycles. The van der Waals surface area contributed by atoms with Gasteiger partial charge in [0.15, 0.2) is 0 Å². The maximum Gasteiger partial charge on any atom is 0.0541 e. The summed E-state index contributed by atoms with van der Waals surface area (Å²) in [5.41, 5.74) is 11.7. The standard InChI is InChI=1S/C58H38N2/c1-3-18-47-41(14-1)37-55(51-22-7-5-20-49(47)51)39-28-30-43(31-29-39)59(44-32-34-45(35-33-44)60-57-26-11-9-24-53(57)54-25-10-12-27-58(54)60)46-17-13-16-40(36-46)56-38-42-15-2-4-19-48(42)50-21-6-8-23-52(50)56/h1-38H. The zero-order valence-electron chi connectivity index (χ0n) is 32.8. The summed E-state index contributed by atoms with van der Waals surface area (Å²) in [5, 5.41) is 12.6. The highest BCUT2D eigenvalue weighted by atomic mass is 15.1. The van der Waals surface area contributed by atoms with E-state index in [2.05, 4.69) is 240 Å². The summed E-state index contributed by atoms with van der Waals surface area (Å²) in [6.45, 7) is 0. The molecule has 0 radical (unpaired) electrons. The van der Waals surface area contributed by atoms with E-state index in [9.17, 15) is 0 Å². The van der Waals surface area contributed by atoms with Crippen molar-refractivity contribution in [2.75, 3.05) is 4.90 Å². The average Bonchev–Trinajstić information content (AvgIpc) is 3.66. The van der Waals surface area contributed by atoms with Gasteiger partial charge in [0.25, 0.3) is 0 Å². The largest absolute Gasteiger partial charge is 0.310 e. The molecule has 0 saturated heterocycles. The molecule has 0 atom stereocenters. The molecule has 12 aromatic rings. The fraction of sp³-hybridized carbons (Fsp3) is 0. The molecule has 0 unspecified atom stereocenters. The molecule has 0 aliphatic rings. The molecule has 0 amide bonds. The lowest BCUT2D eigenvalue weighted by Gasteiger charge is -2.27. The predicted molar refractivity (Wildman–Crippen MR) is 256 cm³/mol. The third kappa shape index (κ3) is 5.50. The van der Waals surface area contributed by atoms with E-state index in [1.165, 1.54) is 87.1 Å². The van der Waals surface area contributed by atoms with Gasteiger partial charge in [0.2, 0.25) is 0 Å². The van der Waals surface area contributed by atoms with Crippen LogP contribution in [-0.2, 0) is 0 Å². The topological polar surface area (TPSA) is 8.17 Å². The Kier molecular flexibility index (Phi) is 7.89. The molecule has 2 heteroatoms. The number of hydrogen-bond acceptors (Lipinski definition) is 1. The molecule has 280 valence electrons. The highest BCUT2D eigenvalue weighted by Crippen LogP contribution is 2.42. The van der Waals surface area contributed by atoms with Crippen molar-refractivity contribution in [3.8, 4) is 27.9 Å². The summed E-state index contributed by atoms with van der Waals surface area (Å²) in [5.74, 6) is 0. The Morgan fingerprint density at radius 3 is 1.25 bits per heavy atom. The fourth-order valence-corrected chi connectivity index (χ4v) is 9.59. The fourth-order valence-electron chi connectivity index (χ4n) is 9.59. The molecule has 0 saturated carbocycles. The highest BCUT2D eigenvalue weighted by Gasteiger charge is 2.18. The lowest BCUT2D eigenvalue weighted by molar-refractivity contribution is 1.17. The van der Waals surface area contributed by atoms with Crippen LogP contribution >= 0.6 is 0 Å². The second kappa shape index (κ2) is 13.9. The quantitative estimate of drug-likeness (QED) is 0.153. The SMILES string of the molecule is c1cc(-c2cc3ccccc3c3ccccc23)cc(N(c2ccc(-c3cc4ccccc4c4ccccc34)cc2)c2ccc(-n3c4ccccc4c4ccccc43)cc2)c1. The average molecular weight is 763 g/mol. The monoisotopic (exact) mass is 762 g/mol. The maximum absolute atomic E-state index is 2.39. The molecule has 0 bridgehead atoms. The third-order valence-electron chi connectivity index (χ3n) is 12.3. The molecule has 11 aromatic carbocycles. The second-order valence-electron chi connectivity index (χ2n) is 15.7. The van der Waals surface area contributed by atoms with Crippen molar-refractivity contribution in [3.63, 3.8) is 0 Å². The minimum atomic E-state index is 1.09. The van der Waals surface area contributed by atoms with E-state index >= 15 is 0 Å². The zero-order valence-corrected chi connectivity index (χ0v) is 32.8. The third-order valence-corrected chi connectivity index (χ3v) is 12.3. The van der Waals surface area contributed by atoms with Crippen molar-refractivity contribution in [1.29, 1.82) is 0 Å². The van der Waals surface area contributed by atoms with Gasteiger partial charge in [-0.1, -0.05) is 158 Å². The van der Waals surface area contributed by atoms with Gasteiger partial charge < -0.3 is 9.47 Å². The number of rotatable bonds is 6. The molecule has 0 aliphatic carbocycles. The van der Waals surface area contributed by atoms with E-state index in [0.717, 1.165) is 22.7 Å². The van der Waals surface area contributed by atoms with E-state index in [0.29, 0.717) is 0 Å². The van der Waals surface area contributed by atoms with Gasteiger partial charge in [-0.25, -0.2) is 0 Å². The van der Waals surface area contributed by atoms with Crippen LogP contribution in [0.3, 0.4) is 0 Å². The van der Waals surface area contributed by atoms with Crippen molar-refractivity contribution < 1.29 is 0 Å². The Hall–Kier alpha value is -7.94. The summed E-state index contributed by atoms with van der Waals surface area (Å²) in [6, 6.07) is 84.3. The maximum atomic E-state index is 2.39. The van der Waals surface area contributed by atoms with Crippen LogP contribution in [0.25, 0.3) is 92.8 Å². The van der Waals surface area contributed by atoms with Gasteiger partial charge in [0.1, 0.15) is 0 Å². The molecule has 1 aromatic heterocycles. The number of benzene rings is 11. The first-order valence-corrected chi connectivity index (χ1v) is 20.7. The van der Waals surface area contributed by atoms with Crippen LogP contribution in [0, 0.1) is 0 Å². The van der Waals surface area contributed by atoms with Gasteiger partial charge in [-0.2, -0.15) is 0 Å². The number of fused-ring (bicyclic) bond motifs is 9. The molecule has 0 fully saturated rings. The number of hydrogen-bond donors (Lipinski definition) is 0. The number of para-hydroxylation sites is 2. The number of nitrogens with zero attached hydrogens (tertiary/aromatic N) is 2. The van der Waals surface area contributed by atoms with Crippen LogP contribution in [0.2, 0.25) is 0 Å². The van der Waals surface area contributed by atoms with E-state index in [1.54, 1.807) is 0 Å². The van der Waals surface area contributed by atoms with Crippen LogP contribution in [0.5, 0.6) is 0 Å². The summed E-state index contributed by atoms with van der Waals surface area (Å²) in [7, 11) is 0. The Morgan fingerprint density at radius 1 is 0.267 bits per heavy atom. The predicted octanol–water partition coefficient (Wildman–Crippen LogP) is 16.2. The van der Waals surface area contributed by atoms with Gasteiger partial charge in [-0.15, -0.1) is 0 Å². The van der Waals surface area contributed by atoms with Crippen molar-refractivity contribution in [3.05, 3.63) is 231 Å². The molecular formula is C58H38N2. The minimum Gasteiger partial charge on any atom is -0.310 e. The molecule has 1 heterocycles. The highest BCUT2D eigenvalue weighted by molar-refractivity contribution is 6.15. The van der Waals surface area contributed by atoms with Crippen molar-refractivity contribution in [2.24, 2.45) is 0 Å². The van der Waals surface area contributed by atoms with Gasteiger partial charge in [-0.3, -0.25) is 0 Å². The zero-order chi connectivity index (χ0) is 39.6. The summed E-state index contributed by atoms with van der Waals surface area (Å²) in [6.07, 6.45) is 0. The van der Waals surface area contributed by atoms with Crippen molar-refractivity contribution in [1.82, 2.24) is 4.57 Å². The molecule has 12 rings (SSSR count). The lowest BCUT2D eigenvalue weighted by Crippen LogP contribution is -2.10. The summed E-state index contributed by atoms with van der Waals surface area (Å²) in [4.78, 5) is 2.39. The number of anilines is 3. The van der Waals surface area contributed by atoms with E-state index in [1.807, 2.05) is 0 Å². The van der Waals surface area contributed by atoms with Gasteiger partial charge in [0.05, 0.1) is 11.0 Å². The summed E-state index contributed by atoms with van der Waals surface area (Å²) < 4.78 is 2.38. The summed E-state index contributed by atoms with van der Waals surface area (Å²) >= 11 is 0. The van der Waals surface area contributed by atoms with E-state index < -0.39 is 0 Å². The Labute approximate surface area is 348 Å². The Balaban J connectivity index is 1.02. The van der Waals surface area contributed by atoms with Crippen LogP contribution in [-0.4, -0.2) is 4.57 Å². The normalized spacial score (nSPS) is 11.7. The molecule has 0 N–H and O–H groups in total. The van der Waals surface area contributed by atoms with Gasteiger partial charge >= 0.3 is 0 Å². The molecule has 2 nitrogen and oxygen atoms in total. The Bertz CT molecular complexity index is 3540. The lowest BCUT2D eigenvalue weighted by atomic mass is 9.93. The molecular weight excluding hydrogens is 725 g/mol. The van der Waals surface area contributed by atoms with Crippen LogP contribution < -0.4 is 4.90 Å². The van der Waals surface area contributed by atoms with E-state index in [-0.39, 0.29) is 0 Å². The first-order valence-electron chi connectivity index (χ1n) is 20.7. The van der Waals surface area contributed by atoms with Crippen molar-refractivity contribution >= 4 is 82.0 Å². The Morgan fingerprint density at radius 2 is 0.700 bits per heavy atom. The minimum absolute atomic E-state index is 1.09. The first kappa shape index (κ1) is 34.1. The van der Waals surface area contributed by atoms with Crippen molar-refractivity contribution in [2.45, 2.75) is 0 Å². The first-order chi connectivity index (χ1) is 29.8.